The van der Waals surface area contributed by atoms with Gasteiger partial charge in [0.2, 0.25) is 0 Å². The first kappa shape index (κ1) is 25.2. The van der Waals surface area contributed by atoms with Crippen molar-refractivity contribution in [2.24, 2.45) is 5.41 Å². The van der Waals surface area contributed by atoms with E-state index in [4.69, 9.17) is 14.5 Å². The Labute approximate surface area is 212 Å². The molecule has 3 aromatic rings. The molecule has 0 aliphatic rings. The van der Waals surface area contributed by atoms with E-state index in [2.05, 4.69) is 88.1 Å². The number of nitrogens with zero attached hydrogens (tertiary/aromatic N) is 2. The van der Waals surface area contributed by atoms with Gasteiger partial charge in [-0.15, -0.1) is 0 Å². The molecule has 2 heterocycles. The van der Waals surface area contributed by atoms with Crippen molar-refractivity contribution in [2.45, 2.75) is 53.7 Å². The number of benzene rings is 1. The second-order valence-electron chi connectivity index (χ2n) is 8.82. The summed E-state index contributed by atoms with van der Waals surface area (Å²) in [5, 5.41) is 1.20. The molecule has 0 N–H and O–H groups in total. The van der Waals surface area contributed by atoms with Crippen LogP contribution in [0.15, 0.2) is 34.9 Å². The van der Waals surface area contributed by atoms with Gasteiger partial charge in [0.1, 0.15) is 0 Å². The van der Waals surface area contributed by atoms with E-state index in [9.17, 15) is 4.79 Å². The number of methoxy groups -OCH3 is 1. The molecule has 0 bridgehead atoms. The highest BCUT2D eigenvalue weighted by atomic mass is 127. The quantitative estimate of drug-likeness (QED) is 0.204. The molecule has 0 radical (unpaired) electrons. The minimum absolute atomic E-state index is 0.140. The predicted molar refractivity (Wildman–Crippen MR) is 141 cm³/mol. The Kier molecular flexibility index (Phi) is 8.04. The van der Waals surface area contributed by atoms with Crippen LogP contribution in [-0.2, 0) is 27.2 Å². The molecule has 7 heteroatoms. The summed E-state index contributed by atoms with van der Waals surface area (Å²) in [7, 11) is 1.71. The average molecular weight is 613 g/mol. The number of fused-ring (bicyclic) bond motifs is 1. The number of aryl methyl sites for hydroxylation is 1. The molecule has 1 aromatic carbocycles. The number of rotatable bonds is 8. The Balaban J connectivity index is 2.32. The standard InChI is InChI=1S/C25H30BrIN2O3/c1-7-29-22-9-8-17(26)10-19(22)21(12-25(4,5)14-32-16(3)30)24(29)20-11-18(27)13-28-23(20)15(2)31-6/h8-11,13,15H,7,12,14H2,1-6H3. The van der Waals surface area contributed by atoms with Crippen molar-refractivity contribution in [2.75, 3.05) is 13.7 Å². The molecule has 172 valence electrons. The zero-order chi connectivity index (χ0) is 23.6. The van der Waals surface area contributed by atoms with Gasteiger partial charge >= 0.3 is 5.97 Å². The van der Waals surface area contributed by atoms with Crippen LogP contribution in [0.2, 0.25) is 0 Å². The zero-order valence-electron chi connectivity index (χ0n) is 19.5. The van der Waals surface area contributed by atoms with Crippen LogP contribution in [-0.4, -0.2) is 29.2 Å². The minimum Gasteiger partial charge on any atom is -0.465 e. The maximum absolute atomic E-state index is 11.5. The van der Waals surface area contributed by atoms with E-state index in [1.54, 1.807) is 7.11 Å². The van der Waals surface area contributed by atoms with E-state index in [1.165, 1.54) is 23.4 Å². The summed E-state index contributed by atoms with van der Waals surface area (Å²) in [6.07, 6.45) is 2.50. The van der Waals surface area contributed by atoms with Crippen molar-refractivity contribution in [3.05, 3.63) is 49.8 Å². The van der Waals surface area contributed by atoms with Crippen LogP contribution in [0.3, 0.4) is 0 Å². The van der Waals surface area contributed by atoms with Crippen molar-refractivity contribution in [3.63, 3.8) is 0 Å². The summed E-state index contributed by atoms with van der Waals surface area (Å²) < 4.78 is 15.5. The second kappa shape index (κ2) is 10.2. The molecule has 0 spiro atoms. The number of esters is 1. The van der Waals surface area contributed by atoms with Gasteiger partial charge in [0.05, 0.1) is 24.1 Å². The lowest BCUT2D eigenvalue weighted by Crippen LogP contribution is -2.24. The SMILES string of the molecule is CCn1c(-c2cc(I)cnc2C(C)OC)c(CC(C)(C)COC(C)=O)c2cc(Br)ccc21. The number of carbonyl (C=O) groups is 1. The monoisotopic (exact) mass is 612 g/mol. The fraction of sp³-hybridized carbons (Fsp3) is 0.440. The van der Waals surface area contributed by atoms with Crippen LogP contribution in [0.5, 0.6) is 0 Å². The Morgan fingerprint density at radius 3 is 2.66 bits per heavy atom. The van der Waals surface area contributed by atoms with Crippen molar-refractivity contribution in [1.82, 2.24) is 9.55 Å². The third-order valence-electron chi connectivity index (χ3n) is 5.65. The Bertz CT molecular complexity index is 1140. The van der Waals surface area contributed by atoms with Crippen LogP contribution >= 0.6 is 38.5 Å². The number of hydrogen-bond donors (Lipinski definition) is 0. The first-order valence-electron chi connectivity index (χ1n) is 10.7. The smallest absolute Gasteiger partial charge is 0.302 e. The molecule has 32 heavy (non-hydrogen) atoms. The number of carbonyl (C=O) groups excluding carboxylic acids is 1. The fourth-order valence-electron chi connectivity index (χ4n) is 4.11. The molecule has 0 amide bonds. The topological polar surface area (TPSA) is 53.4 Å². The lowest BCUT2D eigenvalue weighted by molar-refractivity contribution is -0.143. The largest absolute Gasteiger partial charge is 0.465 e. The molecule has 2 aromatic heterocycles. The number of ether oxygens (including phenoxy) is 2. The minimum atomic E-state index is -0.255. The third-order valence-corrected chi connectivity index (χ3v) is 6.73. The van der Waals surface area contributed by atoms with Crippen molar-refractivity contribution in [1.29, 1.82) is 0 Å². The molecule has 1 atom stereocenters. The lowest BCUT2D eigenvalue weighted by Gasteiger charge is -2.25. The number of halogens is 2. The summed E-state index contributed by atoms with van der Waals surface area (Å²) in [6.45, 7) is 11.1. The fourth-order valence-corrected chi connectivity index (χ4v) is 4.93. The maximum Gasteiger partial charge on any atom is 0.302 e. The highest BCUT2D eigenvalue weighted by Crippen LogP contribution is 2.41. The first-order valence-corrected chi connectivity index (χ1v) is 12.6. The summed E-state index contributed by atoms with van der Waals surface area (Å²) >= 11 is 5.97. The van der Waals surface area contributed by atoms with Crippen LogP contribution in [0.25, 0.3) is 22.2 Å². The van der Waals surface area contributed by atoms with Gasteiger partial charge in [0.25, 0.3) is 0 Å². The Hall–Kier alpha value is -1.45. The van der Waals surface area contributed by atoms with Crippen LogP contribution in [0.1, 0.15) is 52.0 Å². The van der Waals surface area contributed by atoms with Gasteiger partial charge in [-0.3, -0.25) is 9.78 Å². The maximum atomic E-state index is 11.5. The van der Waals surface area contributed by atoms with Crippen LogP contribution in [0.4, 0.5) is 0 Å². The molecule has 0 aliphatic carbocycles. The average Bonchev–Trinajstić information content (AvgIpc) is 3.03. The van der Waals surface area contributed by atoms with Gasteiger partial charge in [-0.2, -0.15) is 0 Å². The molecule has 0 fully saturated rings. The lowest BCUT2D eigenvalue weighted by atomic mass is 9.84. The van der Waals surface area contributed by atoms with Gasteiger partial charge in [-0.05, 0) is 72.7 Å². The van der Waals surface area contributed by atoms with Crippen molar-refractivity contribution in [3.8, 4) is 11.3 Å². The van der Waals surface area contributed by atoms with Gasteiger partial charge in [0, 0.05) is 56.7 Å². The molecule has 5 nitrogen and oxygen atoms in total. The van der Waals surface area contributed by atoms with Crippen LogP contribution in [0, 0.1) is 8.99 Å². The molecule has 0 aliphatic heterocycles. The van der Waals surface area contributed by atoms with E-state index >= 15 is 0 Å². The number of hydrogen-bond acceptors (Lipinski definition) is 4. The van der Waals surface area contributed by atoms with Crippen molar-refractivity contribution >= 4 is 55.4 Å². The van der Waals surface area contributed by atoms with Crippen LogP contribution < -0.4 is 0 Å². The van der Waals surface area contributed by atoms with E-state index in [0.29, 0.717) is 6.61 Å². The van der Waals surface area contributed by atoms with E-state index < -0.39 is 0 Å². The first-order chi connectivity index (χ1) is 15.1. The van der Waals surface area contributed by atoms with Gasteiger partial charge in [-0.1, -0.05) is 29.8 Å². The Morgan fingerprint density at radius 2 is 2.03 bits per heavy atom. The normalized spacial score (nSPS) is 12.9. The number of aromatic nitrogens is 2. The molecular weight excluding hydrogens is 583 g/mol. The summed E-state index contributed by atoms with van der Waals surface area (Å²) in [4.78, 5) is 16.2. The molecule has 0 saturated heterocycles. The third kappa shape index (κ3) is 5.37. The molecule has 1 unspecified atom stereocenters. The number of pyridine rings is 1. The summed E-state index contributed by atoms with van der Waals surface area (Å²) in [6, 6.07) is 8.62. The predicted octanol–water partition coefficient (Wildman–Crippen LogP) is 6.93. The zero-order valence-corrected chi connectivity index (χ0v) is 23.2. The van der Waals surface area contributed by atoms with Gasteiger partial charge in [0.15, 0.2) is 0 Å². The van der Waals surface area contributed by atoms with E-state index in [1.807, 2.05) is 13.1 Å². The molecule has 3 rings (SSSR count). The summed E-state index contributed by atoms with van der Waals surface area (Å²) in [5.74, 6) is -0.255. The second-order valence-corrected chi connectivity index (χ2v) is 11.0. The van der Waals surface area contributed by atoms with Gasteiger partial charge in [-0.25, -0.2) is 0 Å². The van der Waals surface area contributed by atoms with E-state index in [0.717, 1.165) is 38.0 Å². The molecule has 0 saturated carbocycles. The highest BCUT2D eigenvalue weighted by molar-refractivity contribution is 14.1. The van der Waals surface area contributed by atoms with Crippen molar-refractivity contribution < 1.29 is 14.3 Å². The summed E-state index contributed by atoms with van der Waals surface area (Å²) in [5.41, 5.74) is 5.33. The Morgan fingerprint density at radius 1 is 1.31 bits per heavy atom. The highest BCUT2D eigenvalue weighted by Gasteiger charge is 2.28. The van der Waals surface area contributed by atoms with Gasteiger partial charge < -0.3 is 14.0 Å². The van der Waals surface area contributed by atoms with E-state index in [-0.39, 0.29) is 17.5 Å². The molecular formula is C25H30BrIN2O3.